The van der Waals surface area contributed by atoms with Crippen LogP contribution in [0.5, 0.6) is 5.75 Å². The molecule has 0 spiro atoms. The van der Waals surface area contributed by atoms with Crippen LogP contribution in [-0.2, 0) is 0 Å². The van der Waals surface area contributed by atoms with Crippen molar-refractivity contribution >= 4 is 0 Å². The van der Waals surface area contributed by atoms with Gasteiger partial charge in [0.05, 0.1) is 12.2 Å². The van der Waals surface area contributed by atoms with Crippen molar-refractivity contribution in [3.05, 3.63) is 95.8 Å². The molecule has 0 aliphatic carbocycles. The summed E-state index contributed by atoms with van der Waals surface area (Å²) in [6.07, 6.45) is 4.23. The maximum atomic E-state index is 9.83. The van der Waals surface area contributed by atoms with Crippen molar-refractivity contribution in [1.82, 2.24) is 14.8 Å². The van der Waals surface area contributed by atoms with Crippen molar-refractivity contribution in [3.63, 3.8) is 0 Å². The minimum absolute atomic E-state index is 0.220. The smallest absolute Gasteiger partial charge is 0.134 e. The van der Waals surface area contributed by atoms with Gasteiger partial charge in [0.25, 0.3) is 0 Å². The Morgan fingerprint density at radius 2 is 1.45 bits per heavy atom. The second-order valence-electron chi connectivity index (χ2n) is 8.31. The number of rotatable bonds is 8. The first-order valence-electron chi connectivity index (χ1n) is 11.1. The molecule has 1 aliphatic rings. The number of aromatic hydroxyl groups is 1. The lowest BCUT2D eigenvalue weighted by Gasteiger charge is -2.40. The molecule has 0 radical (unpaired) electrons. The second kappa shape index (κ2) is 10.5. The van der Waals surface area contributed by atoms with Crippen LogP contribution < -0.4 is 5.73 Å². The summed E-state index contributed by atoms with van der Waals surface area (Å²) in [7, 11) is 0. The third-order valence-electron chi connectivity index (χ3n) is 6.21. The molecular formula is C26H32N4O. The number of pyridine rings is 1. The number of piperazine rings is 1. The maximum Gasteiger partial charge on any atom is 0.134 e. The van der Waals surface area contributed by atoms with Crippen molar-refractivity contribution in [1.29, 1.82) is 0 Å². The quantitative estimate of drug-likeness (QED) is 0.587. The average Bonchev–Trinajstić information content (AvgIpc) is 2.81. The third-order valence-corrected chi connectivity index (χ3v) is 6.21. The van der Waals surface area contributed by atoms with Crippen molar-refractivity contribution in [2.75, 3.05) is 39.3 Å². The highest BCUT2D eigenvalue weighted by molar-refractivity contribution is 5.32. The molecule has 162 valence electrons. The molecule has 2 aromatic carbocycles. The highest BCUT2D eigenvalue weighted by atomic mass is 16.3. The summed E-state index contributed by atoms with van der Waals surface area (Å²) >= 11 is 0. The Morgan fingerprint density at radius 3 is 2.00 bits per heavy atom. The SMILES string of the molecule is NCCC(CN1CCN(C(c2ccccc2)c2ccccc2)CC1)c1cncc(O)c1. The van der Waals surface area contributed by atoms with Gasteiger partial charge in [-0.1, -0.05) is 60.7 Å². The zero-order valence-electron chi connectivity index (χ0n) is 18.0. The molecule has 1 aliphatic heterocycles. The zero-order valence-corrected chi connectivity index (χ0v) is 18.0. The molecule has 1 unspecified atom stereocenters. The van der Waals surface area contributed by atoms with Gasteiger partial charge in [-0.05, 0) is 41.6 Å². The summed E-state index contributed by atoms with van der Waals surface area (Å²) in [5.41, 5.74) is 9.64. The number of hydrogen-bond donors (Lipinski definition) is 2. The van der Waals surface area contributed by atoms with E-state index in [-0.39, 0.29) is 17.7 Å². The third kappa shape index (κ3) is 5.50. The summed E-state index contributed by atoms with van der Waals surface area (Å²) in [5.74, 6) is 0.507. The van der Waals surface area contributed by atoms with Gasteiger partial charge in [0, 0.05) is 38.9 Å². The predicted octanol–water partition coefficient (Wildman–Crippen LogP) is 3.63. The van der Waals surface area contributed by atoms with E-state index in [9.17, 15) is 5.11 Å². The summed E-state index contributed by atoms with van der Waals surface area (Å²) < 4.78 is 0. The Balaban J connectivity index is 1.45. The molecule has 1 aromatic heterocycles. The highest BCUT2D eigenvalue weighted by Gasteiger charge is 2.27. The molecule has 1 atom stereocenters. The lowest BCUT2D eigenvalue weighted by molar-refractivity contribution is 0.104. The van der Waals surface area contributed by atoms with Crippen LogP contribution in [0.15, 0.2) is 79.1 Å². The molecule has 0 amide bonds. The van der Waals surface area contributed by atoms with Crippen LogP contribution >= 0.6 is 0 Å². The van der Waals surface area contributed by atoms with Gasteiger partial charge in [0.15, 0.2) is 0 Å². The van der Waals surface area contributed by atoms with E-state index in [2.05, 4.69) is 75.4 Å². The Kier molecular flexibility index (Phi) is 7.30. The van der Waals surface area contributed by atoms with Crippen LogP contribution in [0.4, 0.5) is 0 Å². The fraction of sp³-hybridized carbons (Fsp3) is 0.346. The van der Waals surface area contributed by atoms with E-state index < -0.39 is 0 Å². The summed E-state index contributed by atoms with van der Waals surface area (Å²) in [4.78, 5) is 9.28. The fourth-order valence-corrected chi connectivity index (χ4v) is 4.63. The van der Waals surface area contributed by atoms with Gasteiger partial charge >= 0.3 is 0 Å². The van der Waals surface area contributed by atoms with E-state index in [1.165, 1.54) is 17.3 Å². The van der Waals surface area contributed by atoms with Crippen LogP contribution in [0.1, 0.15) is 35.1 Å². The minimum Gasteiger partial charge on any atom is -0.506 e. The van der Waals surface area contributed by atoms with Crippen LogP contribution in [-0.4, -0.2) is 59.2 Å². The van der Waals surface area contributed by atoms with E-state index in [1.807, 2.05) is 12.3 Å². The maximum absolute atomic E-state index is 9.83. The van der Waals surface area contributed by atoms with Crippen LogP contribution in [0.25, 0.3) is 0 Å². The van der Waals surface area contributed by atoms with Gasteiger partial charge in [0.2, 0.25) is 0 Å². The number of nitrogens with zero attached hydrogens (tertiary/aromatic N) is 3. The summed E-state index contributed by atoms with van der Waals surface area (Å²) in [5, 5.41) is 9.83. The van der Waals surface area contributed by atoms with Crippen molar-refractivity contribution < 1.29 is 5.11 Å². The Bertz CT molecular complexity index is 887. The van der Waals surface area contributed by atoms with E-state index in [4.69, 9.17) is 5.73 Å². The standard InChI is InChI=1S/C26H32N4O/c27-12-11-23(24-17-25(31)19-28-18-24)20-29-13-15-30(16-14-29)26(21-7-3-1-4-8-21)22-9-5-2-6-10-22/h1-10,17-19,23,26,31H,11-16,20,27H2. The van der Waals surface area contributed by atoms with E-state index in [0.717, 1.165) is 44.7 Å². The molecule has 5 heteroatoms. The van der Waals surface area contributed by atoms with Gasteiger partial charge in [-0.3, -0.25) is 9.88 Å². The summed E-state index contributed by atoms with van der Waals surface area (Å²) in [6, 6.07) is 23.7. The molecular weight excluding hydrogens is 384 g/mol. The van der Waals surface area contributed by atoms with Crippen LogP contribution in [0, 0.1) is 0 Å². The highest BCUT2D eigenvalue weighted by Crippen LogP contribution is 2.30. The first kappa shape index (κ1) is 21.5. The lowest BCUT2D eigenvalue weighted by Crippen LogP contribution is -2.48. The number of hydrogen-bond acceptors (Lipinski definition) is 5. The molecule has 0 bridgehead atoms. The molecule has 2 heterocycles. The fourth-order valence-electron chi connectivity index (χ4n) is 4.63. The van der Waals surface area contributed by atoms with E-state index >= 15 is 0 Å². The predicted molar refractivity (Wildman–Crippen MR) is 125 cm³/mol. The molecule has 5 nitrogen and oxygen atoms in total. The van der Waals surface area contributed by atoms with Crippen molar-refractivity contribution in [3.8, 4) is 5.75 Å². The first-order chi connectivity index (χ1) is 15.2. The average molecular weight is 417 g/mol. The largest absolute Gasteiger partial charge is 0.506 e. The molecule has 1 fully saturated rings. The molecule has 31 heavy (non-hydrogen) atoms. The normalized spacial score (nSPS) is 16.5. The van der Waals surface area contributed by atoms with Crippen molar-refractivity contribution in [2.24, 2.45) is 5.73 Å². The lowest BCUT2D eigenvalue weighted by atomic mass is 9.95. The van der Waals surface area contributed by atoms with Gasteiger partial charge in [-0.25, -0.2) is 0 Å². The molecule has 3 aromatic rings. The topological polar surface area (TPSA) is 65.6 Å². The van der Waals surface area contributed by atoms with Gasteiger partial charge in [-0.15, -0.1) is 0 Å². The number of aromatic nitrogens is 1. The van der Waals surface area contributed by atoms with Gasteiger partial charge in [0.1, 0.15) is 5.75 Å². The van der Waals surface area contributed by atoms with Crippen LogP contribution in [0.3, 0.4) is 0 Å². The first-order valence-corrected chi connectivity index (χ1v) is 11.1. The number of benzene rings is 2. The van der Waals surface area contributed by atoms with Crippen LogP contribution in [0.2, 0.25) is 0 Å². The van der Waals surface area contributed by atoms with Crippen molar-refractivity contribution in [2.45, 2.75) is 18.4 Å². The monoisotopic (exact) mass is 416 g/mol. The Morgan fingerprint density at radius 1 is 0.839 bits per heavy atom. The molecule has 4 rings (SSSR count). The van der Waals surface area contributed by atoms with Gasteiger partial charge in [-0.2, -0.15) is 0 Å². The van der Waals surface area contributed by atoms with Gasteiger partial charge < -0.3 is 15.7 Å². The minimum atomic E-state index is 0.220. The molecule has 1 saturated heterocycles. The zero-order chi connectivity index (χ0) is 21.5. The number of nitrogens with two attached hydrogens (primary N) is 1. The summed E-state index contributed by atoms with van der Waals surface area (Å²) in [6.45, 7) is 5.64. The molecule has 3 N–H and O–H groups in total. The van der Waals surface area contributed by atoms with E-state index in [1.54, 1.807) is 0 Å². The Labute approximate surface area is 185 Å². The molecule has 0 saturated carbocycles. The second-order valence-corrected chi connectivity index (χ2v) is 8.31. The van der Waals surface area contributed by atoms with E-state index in [0.29, 0.717) is 6.54 Å². The Hall–Kier alpha value is -2.73.